The quantitative estimate of drug-likeness (QED) is 0.571. The topological polar surface area (TPSA) is 104 Å². The van der Waals surface area contributed by atoms with Crippen LogP contribution >= 0.6 is 7.82 Å². The molecule has 0 heterocycles. The van der Waals surface area contributed by atoms with Crippen molar-refractivity contribution in [2.24, 2.45) is 11.8 Å². The number of phosphoric ester groups is 1. The summed E-state index contributed by atoms with van der Waals surface area (Å²) >= 11 is 0. The first-order chi connectivity index (χ1) is 5.74. The van der Waals surface area contributed by atoms with Crippen molar-refractivity contribution in [1.82, 2.24) is 0 Å². The lowest BCUT2D eigenvalue weighted by Crippen LogP contribution is -2.24. The van der Waals surface area contributed by atoms with Gasteiger partial charge in [-0.3, -0.25) is 9.32 Å². The summed E-state index contributed by atoms with van der Waals surface area (Å²) in [6, 6.07) is 0. The van der Waals surface area contributed by atoms with Gasteiger partial charge in [0.2, 0.25) is 0 Å². The van der Waals surface area contributed by atoms with Gasteiger partial charge in [0.05, 0.1) is 12.5 Å². The van der Waals surface area contributed by atoms with Crippen molar-refractivity contribution in [3.63, 3.8) is 0 Å². The lowest BCUT2D eigenvalue weighted by atomic mass is 9.97. The molecule has 13 heavy (non-hydrogen) atoms. The molecule has 0 bridgehead atoms. The molecule has 1 unspecified atom stereocenters. The van der Waals surface area contributed by atoms with E-state index in [0.29, 0.717) is 0 Å². The molecule has 1 atom stereocenters. The molecule has 3 N–H and O–H groups in total. The summed E-state index contributed by atoms with van der Waals surface area (Å²) in [6.45, 7) is 2.81. The van der Waals surface area contributed by atoms with Gasteiger partial charge in [0.25, 0.3) is 0 Å². The van der Waals surface area contributed by atoms with Gasteiger partial charge < -0.3 is 14.9 Å². The van der Waals surface area contributed by atoms with Crippen molar-refractivity contribution >= 4 is 13.8 Å². The third kappa shape index (κ3) is 5.76. The Kier molecular flexibility index (Phi) is 4.56. The van der Waals surface area contributed by atoms with E-state index < -0.39 is 26.3 Å². The Morgan fingerprint density at radius 3 is 2.15 bits per heavy atom. The first-order valence-electron chi connectivity index (χ1n) is 3.67. The van der Waals surface area contributed by atoms with Crippen LogP contribution in [0.15, 0.2) is 0 Å². The number of phosphoric acid groups is 1. The fourth-order valence-corrected chi connectivity index (χ4v) is 1.08. The van der Waals surface area contributed by atoms with Gasteiger partial charge in [0.15, 0.2) is 0 Å². The van der Waals surface area contributed by atoms with Crippen LogP contribution in [0, 0.1) is 11.8 Å². The maximum atomic E-state index is 10.5. The number of carboxylic acids is 1. The summed E-state index contributed by atoms with van der Waals surface area (Å²) in [6.07, 6.45) is 0. The van der Waals surface area contributed by atoms with Crippen molar-refractivity contribution in [3.05, 3.63) is 0 Å². The fourth-order valence-electron chi connectivity index (χ4n) is 0.726. The van der Waals surface area contributed by atoms with Crippen molar-refractivity contribution in [2.45, 2.75) is 13.8 Å². The van der Waals surface area contributed by atoms with E-state index in [1.54, 1.807) is 13.8 Å². The van der Waals surface area contributed by atoms with Gasteiger partial charge in [-0.05, 0) is 5.92 Å². The van der Waals surface area contributed by atoms with E-state index in [0.717, 1.165) is 0 Å². The molecule has 0 saturated carbocycles. The molecule has 0 amide bonds. The van der Waals surface area contributed by atoms with E-state index in [-0.39, 0.29) is 5.92 Å². The Hall–Kier alpha value is -0.420. The van der Waals surface area contributed by atoms with Gasteiger partial charge in [0, 0.05) is 0 Å². The van der Waals surface area contributed by atoms with Crippen LogP contribution in [-0.4, -0.2) is 27.5 Å². The summed E-state index contributed by atoms with van der Waals surface area (Å²) in [5, 5.41) is 8.61. The first-order valence-corrected chi connectivity index (χ1v) is 5.20. The van der Waals surface area contributed by atoms with Crippen molar-refractivity contribution in [3.8, 4) is 0 Å². The van der Waals surface area contributed by atoms with Crippen LogP contribution in [-0.2, 0) is 13.9 Å². The van der Waals surface area contributed by atoms with E-state index in [9.17, 15) is 9.36 Å². The maximum Gasteiger partial charge on any atom is 0.469 e. The van der Waals surface area contributed by atoms with Crippen molar-refractivity contribution in [1.29, 1.82) is 0 Å². The number of hydrogen-bond donors (Lipinski definition) is 3. The van der Waals surface area contributed by atoms with Crippen molar-refractivity contribution < 1.29 is 28.8 Å². The van der Waals surface area contributed by atoms with Gasteiger partial charge in [0.1, 0.15) is 0 Å². The molecule has 0 fully saturated rings. The average molecular weight is 212 g/mol. The fraction of sp³-hybridized carbons (Fsp3) is 0.833. The average Bonchev–Trinajstić information content (AvgIpc) is 1.82. The molecule has 0 radical (unpaired) electrons. The monoisotopic (exact) mass is 212 g/mol. The van der Waals surface area contributed by atoms with Gasteiger partial charge in [-0.2, -0.15) is 0 Å². The second kappa shape index (κ2) is 4.72. The molecule has 0 aliphatic rings. The summed E-state index contributed by atoms with van der Waals surface area (Å²) < 4.78 is 14.4. The molecule has 0 aliphatic carbocycles. The molecule has 0 aromatic heterocycles. The van der Waals surface area contributed by atoms with Crippen molar-refractivity contribution in [2.75, 3.05) is 6.61 Å². The van der Waals surface area contributed by atoms with Gasteiger partial charge in [-0.1, -0.05) is 13.8 Å². The molecule has 0 aromatic carbocycles. The van der Waals surface area contributed by atoms with Crippen LogP contribution in [0.2, 0.25) is 0 Å². The third-order valence-corrected chi connectivity index (χ3v) is 2.03. The molecule has 78 valence electrons. The van der Waals surface area contributed by atoms with E-state index in [4.69, 9.17) is 14.9 Å². The highest BCUT2D eigenvalue weighted by Crippen LogP contribution is 2.36. The van der Waals surface area contributed by atoms with Crippen LogP contribution in [0.1, 0.15) is 13.8 Å². The van der Waals surface area contributed by atoms with Crippen LogP contribution in [0.4, 0.5) is 0 Å². The smallest absolute Gasteiger partial charge is 0.469 e. The van der Waals surface area contributed by atoms with Gasteiger partial charge in [-0.15, -0.1) is 0 Å². The number of rotatable bonds is 5. The molecule has 0 aromatic rings. The molecule has 7 heteroatoms. The zero-order valence-corrected chi connectivity index (χ0v) is 8.27. The minimum Gasteiger partial charge on any atom is -0.481 e. The summed E-state index contributed by atoms with van der Waals surface area (Å²) in [5.41, 5.74) is 0. The molecule has 0 aliphatic heterocycles. The number of carbonyl (C=O) groups is 1. The third-order valence-electron chi connectivity index (χ3n) is 1.54. The Labute approximate surface area is 75.8 Å². The van der Waals surface area contributed by atoms with E-state index >= 15 is 0 Å². The lowest BCUT2D eigenvalue weighted by molar-refractivity contribution is -0.144. The van der Waals surface area contributed by atoms with E-state index in [2.05, 4.69) is 4.52 Å². The standard InChI is InChI=1S/C6H13O6P/c1-4(2)5(6(7)8)3-12-13(9,10)11/h4-5H,3H2,1-2H3,(H,7,8)(H2,9,10,11). The van der Waals surface area contributed by atoms with Gasteiger partial charge in [-0.25, -0.2) is 4.57 Å². The summed E-state index contributed by atoms with van der Waals surface area (Å²) in [7, 11) is -4.56. The molecule has 6 nitrogen and oxygen atoms in total. The Morgan fingerprint density at radius 2 is 1.92 bits per heavy atom. The highest BCUT2D eigenvalue weighted by atomic mass is 31.2. The van der Waals surface area contributed by atoms with Gasteiger partial charge >= 0.3 is 13.8 Å². The van der Waals surface area contributed by atoms with Crippen LogP contribution in [0.3, 0.4) is 0 Å². The Balaban J connectivity index is 4.14. The SMILES string of the molecule is CC(C)C(COP(=O)(O)O)C(=O)O. The predicted molar refractivity (Wildman–Crippen MR) is 44.0 cm³/mol. The van der Waals surface area contributed by atoms with E-state index in [1.807, 2.05) is 0 Å². The molecular formula is C6H13O6P. The summed E-state index contributed by atoms with van der Waals surface area (Å²) in [5.74, 6) is -2.25. The number of aliphatic carboxylic acids is 1. The maximum absolute atomic E-state index is 10.5. The van der Waals surface area contributed by atoms with E-state index in [1.165, 1.54) is 0 Å². The summed E-state index contributed by atoms with van der Waals surface area (Å²) in [4.78, 5) is 27.2. The van der Waals surface area contributed by atoms with Crippen LogP contribution < -0.4 is 0 Å². The highest BCUT2D eigenvalue weighted by molar-refractivity contribution is 7.46. The second-order valence-electron chi connectivity index (χ2n) is 2.98. The zero-order chi connectivity index (χ0) is 10.6. The molecule has 0 rings (SSSR count). The number of hydrogen-bond acceptors (Lipinski definition) is 3. The largest absolute Gasteiger partial charge is 0.481 e. The second-order valence-corrected chi connectivity index (χ2v) is 4.21. The van der Waals surface area contributed by atoms with Crippen LogP contribution in [0.25, 0.3) is 0 Å². The minimum absolute atomic E-state index is 0.232. The molecule has 0 saturated heterocycles. The normalized spacial score (nSPS) is 14.5. The first kappa shape index (κ1) is 12.6. The Morgan fingerprint density at radius 1 is 1.46 bits per heavy atom. The zero-order valence-electron chi connectivity index (χ0n) is 7.38. The molecule has 0 spiro atoms. The Bertz CT molecular complexity index is 219. The predicted octanol–water partition coefficient (Wildman–Crippen LogP) is 0.452. The van der Waals surface area contributed by atoms with Crippen LogP contribution in [0.5, 0.6) is 0 Å². The minimum atomic E-state index is -4.56. The number of carboxylic acid groups (broad SMARTS) is 1. The molecular weight excluding hydrogens is 199 g/mol. The lowest BCUT2D eigenvalue weighted by Gasteiger charge is -2.15. The highest BCUT2D eigenvalue weighted by Gasteiger charge is 2.25.